The first kappa shape index (κ1) is 15.0. The zero-order valence-electron chi connectivity index (χ0n) is 12.4. The van der Waals surface area contributed by atoms with E-state index in [4.69, 9.17) is 5.73 Å². The average molecular weight is 325 g/mol. The van der Waals surface area contributed by atoms with Gasteiger partial charge < -0.3 is 5.73 Å². The SMILES string of the molecule is Cc1ccc(C2C(N)CCCN2C(C)(C)C)cc1Br. The number of piperidine rings is 1. The van der Waals surface area contributed by atoms with E-state index in [0.717, 1.165) is 13.0 Å². The van der Waals surface area contributed by atoms with Crippen molar-refractivity contribution in [2.75, 3.05) is 6.54 Å². The number of nitrogens with zero attached hydrogens (tertiary/aromatic N) is 1. The van der Waals surface area contributed by atoms with Crippen LogP contribution in [0.3, 0.4) is 0 Å². The number of hydrogen-bond acceptors (Lipinski definition) is 2. The molecule has 1 heterocycles. The van der Waals surface area contributed by atoms with Crippen molar-refractivity contribution >= 4 is 15.9 Å². The van der Waals surface area contributed by atoms with Crippen LogP contribution in [0.25, 0.3) is 0 Å². The zero-order valence-corrected chi connectivity index (χ0v) is 14.0. The summed E-state index contributed by atoms with van der Waals surface area (Å²) in [6.45, 7) is 10.1. The molecule has 1 aliphatic heterocycles. The molecule has 1 saturated heterocycles. The molecule has 1 aliphatic rings. The quantitative estimate of drug-likeness (QED) is 0.845. The molecule has 0 spiro atoms. The van der Waals surface area contributed by atoms with Gasteiger partial charge in [0.15, 0.2) is 0 Å². The van der Waals surface area contributed by atoms with Crippen LogP contribution < -0.4 is 5.73 Å². The minimum absolute atomic E-state index is 0.153. The van der Waals surface area contributed by atoms with Gasteiger partial charge in [-0.05, 0) is 64.3 Å². The monoisotopic (exact) mass is 324 g/mol. The molecule has 0 amide bonds. The molecular formula is C16H25BrN2. The lowest BCUT2D eigenvalue weighted by molar-refractivity contribution is 0.0384. The van der Waals surface area contributed by atoms with Crippen LogP contribution in [-0.4, -0.2) is 23.0 Å². The van der Waals surface area contributed by atoms with Crippen LogP contribution >= 0.6 is 15.9 Å². The molecule has 2 rings (SSSR count). The fraction of sp³-hybridized carbons (Fsp3) is 0.625. The van der Waals surface area contributed by atoms with Crippen LogP contribution in [-0.2, 0) is 0 Å². The second kappa shape index (κ2) is 5.55. The van der Waals surface area contributed by atoms with Gasteiger partial charge in [-0.25, -0.2) is 0 Å². The van der Waals surface area contributed by atoms with Gasteiger partial charge >= 0.3 is 0 Å². The summed E-state index contributed by atoms with van der Waals surface area (Å²) in [5.74, 6) is 0. The molecule has 19 heavy (non-hydrogen) atoms. The Bertz CT molecular complexity index is 451. The maximum absolute atomic E-state index is 6.43. The predicted octanol–water partition coefficient (Wildman–Crippen LogP) is 4.02. The summed E-state index contributed by atoms with van der Waals surface area (Å²) in [6, 6.07) is 7.20. The van der Waals surface area contributed by atoms with E-state index in [9.17, 15) is 0 Å². The summed E-state index contributed by atoms with van der Waals surface area (Å²) in [5, 5.41) is 0. The molecule has 1 fully saturated rings. The molecule has 0 saturated carbocycles. The van der Waals surface area contributed by atoms with Crippen molar-refractivity contribution in [3.63, 3.8) is 0 Å². The number of aryl methyl sites for hydroxylation is 1. The number of hydrogen-bond donors (Lipinski definition) is 1. The van der Waals surface area contributed by atoms with Gasteiger partial charge in [0, 0.05) is 16.1 Å². The molecule has 0 bridgehead atoms. The largest absolute Gasteiger partial charge is 0.326 e. The topological polar surface area (TPSA) is 29.3 Å². The summed E-state index contributed by atoms with van der Waals surface area (Å²) in [4.78, 5) is 2.55. The number of benzene rings is 1. The van der Waals surface area contributed by atoms with Crippen molar-refractivity contribution in [3.05, 3.63) is 33.8 Å². The minimum atomic E-state index is 0.153. The molecule has 1 aromatic rings. The third-order valence-electron chi connectivity index (χ3n) is 4.08. The van der Waals surface area contributed by atoms with Crippen LogP contribution in [0.2, 0.25) is 0 Å². The van der Waals surface area contributed by atoms with E-state index in [0.29, 0.717) is 6.04 Å². The third kappa shape index (κ3) is 3.21. The Balaban J connectivity index is 2.39. The van der Waals surface area contributed by atoms with E-state index in [-0.39, 0.29) is 11.6 Å². The predicted molar refractivity (Wildman–Crippen MR) is 85.3 cm³/mol. The lowest BCUT2D eigenvalue weighted by Crippen LogP contribution is -2.53. The molecular weight excluding hydrogens is 300 g/mol. The van der Waals surface area contributed by atoms with E-state index in [1.165, 1.54) is 22.0 Å². The van der Waals surface area contributed by atoms with Gasteiger partial charge in [0.25, 0.3) is 0 Å². The second-order valence-corrected chi connectivity index (χ2v) is 7.48. The Morgan fingerprint density at radius 3 is 2.58 bits per heavy atom. The molecule has 0 radical (unpaired) electrons. The van der Waals surface area contributed by atoms with Gasteiger partial charge in [-0.1, -0.05) is 28.1 Å². The van der Waals surface area contributed by atoms with Crippen molar-refractivity contribution in [2.45, 2.75) is 58.2 Å². The molecule has 2 N–H and O–H groups in total. The smallest absolute Gasteiger partial charge is 0.0504 e. The standard InChI is InChI=1S/C16H25BrN2/c1-11-7-8-12(10-13(11)17)15-14(18)6-5-9-19(15)16(2,3)4/h7-8,10,14-15H,5-6,9,18H2,1-4H3. The Morgan fingerprint density at radius 1 is 1.32 bits per heavy atom. The van der Waals surface area contributed by atoms with E-state index in [1.54, 1.807) is 0 Å². The first-order valence-corrected chi connectivity index (χ1v) is 7.88. The summed E-state index contributed by atoms with van der Waals surface area (Å²) < 4.78 is 1.18. The summed E-state index contributed by atoms with van der Waals surface area (Å²) in [7, 11) is 0. The lowest BCUT2D eigenvalue weighted by Gasteiger charge is -2.47. The van der Waals surface area contributed by atoms with Crippen LogP contribution in [0, 0.1) is 6.92 Å². The summed E-state index contributed by atoms with van der Waals surface area (Å²) in [6.07, 6.45) is 2.31. The van der Waals surface area contributed by atoms with Crippen LogP contribution in [0.15, 0.2) is 22.7 Å². The van der Waals surface area contributed by atoms with Gasteiger partial charge in [0.2, 0.25) is 0 Å². The van der Waals surface area contributed by atoms with Crippen LogP contribution in [0.4, 0.5) is 0 Å². The van der Waals surface area contributed by atoms with E-state index < -0.39 is 0 Å². The third-order valence-corrected chi connectivity index (χ3v) is 4.93. The highest BCUT2D eigenvalue weighted by Crippen LogP contribution is 2.36. The molecule has 0 aromatic heterocycles. The number of nitrogens with two attached hydrogens (primary N) is 1. The van der Waals surface area contributed by atoms with Crippen molar-refractivity contribution in [1.29, 1.82) is 0 Å². The van der Waals surface area contributed by atoms with Crippen molar-refractivity contribution in [1.82, 2.24) is 4.90 Å². The first-order valence-electron chi connectivity index (χ1n) is 7.09. The average Bonchev–Trinajstić information content (AvgIpc) is 2.31. The number of halogens is 1. The Morgan fingerprint density at radius 2 is 2.00 bits per heavy atom. The normalized spacial score (nSPS) is 25.6. The summed E-state index contributed by atoms with van der Waals surface area (Å²) in [5.41, 5.74) is 9.19. The molecule has 2 unspecified atom stereocenters. The highest BCUT2D eigenvalue weighted by atomic mass is 79.9. The minimum Gasteiger partial charge on any atom is -0.326 e. The Kier molecular flexibility index (Phi) is 4.38. The van der Waals surface area contributed by atoms with E-state index in [2.05, 4.69) is 66.7 Å². The molecule has 1 aromatic carbocycles. The lowest BCUT2D eigenvalue weighted by atomic mass is 9.87. The molecule has 3 heteroatoms. The van der Waals surface area contributed by atoms with Gasteiger partial charge in [-0.2, -0.15) is 0 Å². The number of rotatable bonds is 1. The maximum atomic E-state index is 6.43. The first-order chi connectivity index (χ1) is 8.80. The fourth-order valence-electron chi connectivity index (χ4n) is 3.00. The molecule has 2 atom stereocenters. The van der Waals surface area contributed by atoms with Crippen LogP contribution in [0.5, 0.6) is 0 Å². The van der Waals surface area contributed by atoms with Gasteiger partial charge in [-0.15, -0.1) is 0 Å². The van der Waals surface area contributed by atoms with E-state index >= 15 is 0 Å². The maximum Gasteiger partial charge on any atom is 0.0504 e. The highest BCUT2D eigenvalue weighted by molar-refractivity contribution is 9.10. The van der Waals surface area contributed by atoms with Crippen LogP contribution in [0.1, 0.15) is 50.8 Å². The Hall–Kier alpha value is -0.380. The Labute approximate surface area is 125 Å². The van der Waals surface area contributed by atoms with Gasteiger partial charge in [0.1, 0.15) is 0 Å². The van der Waals surface area contributed by atoms with E-state index in [1.807, 2.05) is 0 Å². The zero-order chi connectivity index (χ0) is 14.2. The molecule has 0 aliphatic carbocycles. The van der Waals surface area contributed by atoms with Crippen molar-refractivity contribution in [3.8, 4) is 0 Å². The number of likely N-dealkylation sites (tertiary alicyclic amines) is 1. The summed E-state index contributed by atoms with van der Waals surface area (Å²) >= 11 is 3.64. The van der Waals surface area contributed by atoms with Crippen molar-refractivity contribution < 1.29 is 0 Å². The highest BCUT2D eigenvalue weighted by Gasteiger charge is 2.36. The molecule has 2 nitrogen and oxygen atoms in total. The van der Waals surface area contributed by atoms with Gasteiger partial charge in [-0.3, -0.25) is 4.90 Å². The van der Waals surface area contributed by atoms with Crippen molar-refractivity contribution in [2.24, 2.45) is 5.73 Å². The molecule has 106 valence electrons. The fourth-order valence-corrected chi connectivity index (χ4v) is 3.39. The van der Waals surface area contributed by atoms with Gasteiger partial charge in [0.05, 0.1) is 6.04 Å². The second-order valence-electron chi connectivity index (χ2n) is 6.62.